The fraction of sp³-hybridized carbons (Fsp3) is 0.292. The first-order valence-electron chi connectivity index (χ1n) is 10.6. The average Bonchev–Trinajstić information content (AvgIpc) is 3.15. The van der Waals surface area contributed by atoms with Crippen LogP contribution in [0.1, 0.15) is 41.0 Å². The highest BCUT2D eigenvalue weighted by Gasteiger charge is 2.34. The zero-order valence-electron chi connectivity index (χ0n) is 17.9. The van der Waals surface area contributed by atoms with Crippen LogP contribution in [0.5, 0.6) is 0 Å². The van der Waals surface area contributed by atoms with Crippen LogP contribution in [-0.4, -0.2) is 45.5 Å². The maximum absolute atomic E-state index is 12.5. The van der Waals surface area contributed by atoms with E-state index in [0.717, 1.165) is 34.6 Å². The average molecular weight is 473 g/mol. The maximum Gasteiger partial charge on any atom is 0.451 e. The Morgan fingerprint density at radius 2 is 1.56 bits per heavy atom. The van der Waals surface area contributed by atoms with Crippen LogP contribution in [0.3, 0.4) is 0 Å². The van der Waals surface area contributed by atoms with Crippen LogP contribution in [0.4, 0.5) is 18.0 Å². The maximum atomic E-state index is 12.5. The Balaban J connectivity index is 1.26. The summed E-state index contributed by atoms with van der Waals surface area (Å²) in [7, 11) is 0. The number of amides is 1. The highest BCUT2D eigenvalue weighted by molar-refractivity contribution is 5.79. The Kier molecular flexibility index (Phi) is 6.80. The second-order valence-electron chi connectivity index (χ2n) is 7.89. The SMILES string of the molecule is O=C(NCCC(O)C(O)c1cnc(C(F)(F)F)nc1)OCC1c2ccccc2-c2ccccc21. The van der Waals surface area contributed by atoms with Crippen molar-refractivity contribution in [2.45, 2.75) is 30.7 Å². The Morgan fingerprint density at radius 3 is 2.12 bits per heavy atom. The van der Waals surface area contributed by atoms with Crippen molar-refractivity contribution in [1.82, 2.24) is 15.3 Å². The lowest BCUT2D eigenvalue weighted by molar-refractivity contribution is -0.145. The monoisotopic (exact) mass is 473 g/mol. The van der Waals surface area contributed by atoms with E-state index < -0.39 is 30.3 Å². The van der Waals surface area contributed by atoms with Gasteiger partial charge in [-0.3, -0.25) is 0 Å². The van der Waals surface area contributed by atoms with Gasteiger partial charge in [-0.1, -0.05) is 48.5 Å². The number of carbonyl (C=O) groups excluding carboxylic acids is 1. The number of hydrogen-bond acceptors (Lipinski definition) is 6. The van der Waals surface area contributed by atoms with Gasteiger partial charge in [0.15, 0.2) is 0 Å². The standard InChI is InChI=1S/C24H22F3N3O4/c25-24(26,27)22-29-11-14(12-30-22)21(32)20(31)9-10-28-23(33)34-13-19-17-7-3-1-5-15(17)16-6-2-4-8-18(16)19/h1-8,11-12,19-21,31-32H,9-10,13H2,(H,28,33). The number of aliphatic hydroxyl groups excluding tert-OH is 2. The van der Waals surface area contributed by atoms with Gasteiger partial charge in [-0.15, -0.1) is 0 Å². The molecule has 178 valence electrons. The molecule has 2 unspecified atom stereocenters. The molecule has 1 aromatic heterocycles. The topological polar surface area (TPSA) is 105 Å². The van der Waals surface area contributed by atoms with Crippen LogP contribution in [0.25, 0.3) is 11.1 Å². The second-order valence-corrected chi connectivity index (χ2v) is 7.89. The molecule has 0 saturated carbocycles. The van der Waals surface area contributed by atoms with Crippen molar-refractivity contribution in [3.05, 3.63) is 83.4 Å². The number of nitrogens with zero attached hydrogens (tertiary/aromatic N) is 2. The number of alkyl halides is 3. The van der Waals surface area contributed by atoms with Gasteiger partial charge < -0.3 is 20.3 Å². The molecule has 1 heterocycles. The summed E-state index contributed by atoms with van der Waals surface area (Å²) in [5, 5.41) is 22.7. The van der Waals surface area contributed by atoms with Gasteiger partial charge in [0.25, 0.3) is 0 Å². The lowest BCUT2D eigenvalue weighted by Gasteiger charge is -2.18. The van der Waals surface area contributed by atoms with Gasteiger partial charge in [0.05, 0.1) is 6.10 Å². The molecule has 2 aromatic carbocycles. The van der Waals surface area contributed by atoms with Gasteiger partial charge >= 0.3 is 12.3 Å². The summed E-state index contributed by atoms with van der Waals surface area (Å²) in [5.41, 5.74) is 4.30. The van der Waals surface area contributed by atoms with E-state index in [0.29, 0.717) is 0 Å². The molecular formula is C24H22F3N3O4. The van der Waals surface area contributed by atoms with Gasteiger partial charge in [-0.2, -0.15) is 13.2 Å². The minimum atomic E-state index is -4.70. The summed E-state index contributed by atoms with van der Waals surface area (Å²) in [5.74, 6) is -1.43. The highest BCUT2D eigenvalue weighted by Crippen LogP contribution is 2.44. The third kappa shape index (κ3) is 5.02. The van der Waals surface area contributed by atoms with Gasteiger partial charge in [-0.05, 0) is 28.7 Å². The van der Waals surface area contributed by atoms with E-state index in [9.17, 15) is 28.2 Å². The molecule has 7 nitrogen and oxygen atoms in total. The Labute approximate surface area is 193 Å². The van der Waals surface area contributed by atoms with Crippen molar-refractivity contribution in [3.63, 3.8) is 0 Å². The van der Waals surface area contributed by atoms with Crippen molar-refractivity contribution < 1.29 is 32.9 Å². The molecule has 34 heavy (non-hydrogen) atoms. The predicted octanol–water partition coefficient (Wildman–Crippen LogP) is 3.82. The van der Waals surface area contributed by atoms with Crippen molar-refractivity contribution in [2.24, 2.45) is 0 Å². The second kappa shape index (κ2) is 9.78. The fourth-order valence-corrected chi connectivity index (χ4v) is 3.99. The van der Waals surface area contributed by atoms with Crippen molar-refractivity contribution >= 4 is 6.09 Å². The minimum absolute atomic E-state index is 0.0175. The van der Waals surface area contributed by atoms with Crippen LogP contribution in [0.15, 0.2) is 60.9 Å². The number of aromatic nitrogens is 2. The number of alkyl carbamates (subject to hydrolysis) is 1. The number of hydrogen-bond donors (Lipinski definition) is 3. The number of ether oxygens (including phenoxy) is 1. The van der Waals surface area contributed by atoms with E-state index in [1.807, 2.05) is 48.5 Å². The third-order valence-corrected chi connectivity index (χ3v) is 5.68. The van der Waals surface area contributed by atoms with E-state index in [1.165, 1.54) is 0 Å². The molecule has 4 rings (SSSR count). The van der Waals surface area contributed by atoms with E-state index in [-0.39, 0.29) is 31.1 Å². The van der Waals surface area contributed by atoms with Gasteiger partial charge in [0.1, 0.15) is 12.7 Å². The lowest BCUT2D eigenvalue weighted by Crippen LogP contribution is -2.30. The van der Waals surface area contributed by atoms with Crippen molar-refractivity contribution in [3.8, 4) is 11.1 Å². The van der Waals surface area contributed by atoms with E-state index >= 15 is 0 Å². The Morgan fingerprint density at radius 1 is 1.00 bits per heavy atom. The molecule has 0 saturated heterocycles. The third-order valence-electron chi connectivity index (χ3n) is 5.68. The van der Waals surface area contributed by atoms with Crippen LogP contribution >= 0.6 is 0 Å². The quantitative estimate of drug-likeness (QED) is 0.482. The fourth-order valence-electron chi connectivity index (χ4n) is 3.99. The van der Waals surface area contributed by atoms with E-state index in [4.69, 9.17) is 4.74 Å². The molecule has 0 fully saturated rings. The first-order chi connectivity index (χ1) is 16.3. The first kappa shape index (κ1) is 23.7. The van der Waals surface area contributed by atoms with E-state index in [1.54, 1.807) is 0 Å². The number of fused-ring (bicyclic) bond motifs is 3. The molecule has 0 spiro atoms. The summed E-state index contributed by atoms with van der Waals surface area (Å²) in [6.45, 7) is 0.115. The van der Waals surface area contributed by atoms with Crippen LogP contribution < -0.4 is 5.32 Å². The molecule has 0 bridgehead atoms. The number of carbonyl (C=O) groups is 1. The Bertz CT molecular complexity index is 1110. The Hall–Kier alpha value is -3.50. The normalized spacial score (nSPS) is 14.7. The summed E-state index contributed by atoms with van der Waals surface area (Å²) in [6.07, 6.45) is -6.69. The first-order valence-corrected chi connectivity index (χ1v) is 10.6. The van der Waals surface area contributed by atoms with Gasteiger partial charge in [0.2, 0.25) is 5.82 Å². The molecule has 3 aromatic rings. The minimum Gasteiger partial charge on any atom is -0.449 e. The summed E-state index contributed by atoms with van der Waals surface area (Å²) >= 11 is 0. The van der Waals surface area contributed by atoms with Gasteiger partial charge in [0, 0.05) is 30.4 Å². The van der Waals surface area contributed by atoms with Crippen LogP contribution in [-0.2, 0) is 10.9 Å². The molecular weight excluding hydrogens is 451 g/mol. The lowest BCUT2D eigenvalue weighted by atomic mass is 9.98. The number of rotatable bonds is 7. The van der Waals surface area contributed by atoms with E-state index in [2.05, 4.69) is 15.3 Å². The molecule has 2 atom stereocenters. The molecule has 0 aliphatic heterocycles. The molecule has 0 radical (unpaired) electrons. The van der Waals surface area contributed by atoms with Crippen molar-refractivity contribution in [2.75, 3.05) is 13.2 Å². The summed E-state index contributed by atoms with van der Waals surface area (Å²) in [4.78, 5) is 18.5. The number of aliphatic hydroxyl groups is 2. The number of benzene rings is 2. The smallest absolute Gasteiger partial charge is 0.449 e. The largest absolute Gasteiger partial charge is 0.451 e. The summed E-state index contributed by atoms with van der Waals surface area (Å²) < 4.78 is 43.0. The number of nitrogens with one attached hydrogen (secondary N) is 1. The molecule has 1 amide bonds. The zero-order chi connectivity index (χ0) is 24.3. The summed E-state index contributed by atoms with van der Waals surface area (Å²) in [6, 6.07) is 15.9. The molecule has 10 heteroatoms. The molecule has 1 aliphatic rings. The van der Waals surface area contributed by atoms with Crippen molar-refractivity contribution in [1.29, 1.82) is 0 Å². The highest BCUT2D eigenvalue weighted by atomic mass is 19.4. The zero-order valence-corrected chi connectivity index (χ0v) is 17.9. The molecule has 3 N–H and O–H groups in total. The van der Waals surface area contributed by atoms with Crippen LogP contribution in [0, 0.1) is 0 Å². The van der Waals surface area contributed by atoms with Crippen LogP contribution in [0.2, 0.25) is 0 Å². The number of halogens is 3. The molecule has 1 aliphatic carbocycles. The predicted molar refractivity (Wildman–Crippen MR) is 116 cm³/mol. The van der Waals surface area contributed by atoms with Gasteiger partial charge in [-0.25, -0.2) is 14.8 Å².